The smallest absolute Gasteiger partial charge is 0.0166 e. The second-order valence-corrected chi connectivity index (χ2v) is 5.02. The number of rotatable bonds is 5. The number of unbranched alkanes of at least 4 members (excludes halogenated alkanes) is 1. The Morgan fingerprint density at radius 1 is 1.33 bits per heavy atom. The van der Waals surface area contributed by atoms with Crippen LogP contribution in [0, 0.1) is 0 Å². The van der Waals surface area contributed by atoms with Gasteiger partial charge in [0.2, 0.25) is 0 Å². The van der Waals surface area contributed by atoms with E-state index in [9.17, 15) is 0 Å². The summed E-state index contributed by atoms with van der Waals surface area (Å²) in [6, 6.07) is 0.668. The van der Waals surface area contributed by atoms with Gasteiger partial charge in [0.05, 0.1) is 0 Å². The summed E-state index contributed by atoms with van der Waals surface area (Å²) in [6.45, 7) is 8.48. The quantitative estimate of drug-likeness (QED) is 0.688. The summed E-state index contributed by atoms with van der Waals surface area (Å²) < 4.78 is 0. The molecular weight excluding hydrogens is 186 g/mol. The van der Waals surface area contributed by atoms with E-state index in [0.29, 0.717) is 6.04 Å². The Morgan fingerprint density at radius 3 is 2.87 bits per heavy atom. The molecule has 0 radical (unpaired) electrons. The van der Waals surface area contributed by atoms with E-state index in [4.69, 9.17) is 0 Å². The van der Waals surface area contributed by atoms with E-state index in [2.05, 4.69) is 36.1 Å². The summed E-state index contributed by atoms with van der Waals surface area (Å²) in [5, 5.41) is 3.53. The maximum atomic E-state index is 3.53. The molecule has 0 aromatic rings. The van der Waals surface area contributed by atoms with Crippen LogP contribution in [0.2, 0.25) is 0 Å². The fraction of sp³-hybridized carbons (Fsp3) is 1.00. The van der Waals surface area contributed by atoms with Crippen LogP contribution in [0.5, 0.6) is 0 Å². The van der Waals surface area contributed by atoms with Crippen molar-refractivity contribution < 1.29 is 0 Å². The van der Waals surface area contributed by atoms with E-state index in [1.807, 2.05) is 0 Å². The minimum absolute atomic E-state index is 0.668. The van der Waals surface area contributed by atoms with Crippen molar-refractivity contribution in [3.63, 3.8) is 0 Å². The van der Waals surface area contributed by atoms with Crippen LogP contribution in [0.4, 0.5) is 0 Å². The predicted molar refractivity (Wildman–Crippen MR) is 66.3 cm³/mol. The van der Waals surface area contributed by atoms with Gasteiger partial charge >= 0.3 is 0 Å². The van der Waals surface area contributed by atoms with Crippen LogP contribution in [-0.2, 0) is 0 Å². The van der Waals surface area contributed by atoms with Crippen molar-refractivity contribution in [2.45, 2.75) is 32.2 Å². The zero-order valence-corrected chi connectivity index (χ0v) is 10.6. The monoisotopic (exact) mass is 213 g/mol. The van der Waals surface area contributed by atoms with Crippen LogP contribution in [0.1, 0.15) is 26.2 Å². The molecule has 1 aliphatic rings. The third-order valence-electron chi connectivity index (χ3n) is 3.01. The molecule has 90 valence electrons. The van der Waals surface area contributed by atoms with Gasteiger partial charge in [-0.2, -0.15) is 0 Å². The number of nitrogens with one attached hydrogen (secondary N) is 1. The molecular formula is C12H27N3. The summed E-state index contributed by atoms with van der Waals surface area (Å²) in [5.74, 6) is 0. The van der Waals surface area contributed by atoms with E-state index < -0.39 is 0 Å². The van der Waals surface area contributed by atoms with Gasteiger partial charge in [-0.1, -0.05) is 0 Å². The third kappa shape index (κ3) is 6.13. The van der Waals surface area contributed by atoms with E-state index in [-0.39, 0.29) is 0 Å². The third-order valence-corrected chi connectivity index (χ3v) is 3.01. The first-order chi connectivity index (χ1) is 7.18. The molecule has 0 aliphatic carbocycles. The van der Waals surface area contributed by atoms with Gasteiger partial charge in [-0.15, -0.1) is 0 Å². The van der Waals surface area contributed by atoms with Gasteiger partial charge < -0.3 is 15.1 Å². The highest BCUT2D eigenvalue weighted by molar-refractivity contribution is 4.72. The van der Waals surface area contributed by atoms with Gasteiger partial charge in [-0.3, -0.25) is 0 Å². The van der Waals surface area contributed by atoms with Gasteiger partial charge in [0.15, 0.2) is 0 Å². The van der Waals surface area contributed by atoms with Gasteiger partial charge in [-0.05, 0) is 66.5 Å². The zero-order chi connectivity index (χ0) is 11.1. The Kier molecular flexibility index (Phi) is 6.22. The molecule has 1 N–H and O–H groups in total. The first-order valence-electron chi connectivity index (χ1n) is 6.29. The maximum Gasteiger partial charge on any atom is 0.0166 e. The Balaban J connectivity index is 2.08. The van der Waals surface area contributed by atoms with E-state index in [1.54, 1.807) is 0 Å². The van der Waals surface area contributed by atoms with Crippen LogP contribution in [0.3, 0.4) is 0 Å². The van der Waals surface area contributed by atoms with Gasteiger partial charge in [0.1, 0.15) is 0 Å². The van der Waals surface area contributed by atoms with E-state index in [0.717, 1.165) is 0 Å². The minimum Gasteiger partial charge on any atom is -0.313 e. The fourth-order valence-electron chi connectivity index (χ4n) is 2.16. The zero-order valence-electron chi connectivity index (χ0n) is 10.6. The molecule has 0 aromatic carbocycles. The van der Waals surface area contributed by atoms with Crippen molar-refractivity contribution in [3.05, 3.63) is 0 Å². The predicted octanol–water partition coefficient (Wildman–Crippen LogP) is 1.01. The Bertz CT molecular complexity index is 159. The molecule has 3 nitrogen and oxygen atoms in total. The van der Waals surface area contributed by atoms with Crippen LogP contribution in [0.25, 0.3) is 0 Å². The molecule has 0 spiro atoms. The molecule has 0 bridgehead atoms. The normalized spacial score (nSPS) is 24.4. The van der Waals surface area contributed by atoms with Crippen molar-refractivity contribution in [3.8, 4) is 0 Å². The summed E-state index contributed by atoms with van der Waals surface area (Å²) >= 11 is 0. The van der Waals surface area contributed by atoms with Gasteiger partial charge in [0, 0.05) is 12.6 Å². The van der Waals surface area contributed by atoms with Crippen molar-refractivity contribution in [1.29, 1.82) is 0 Å². The average molecular weight is 213 g/mol. The second-order valence-electron chi connectivity index (χ2n) is 5.02. The fourth-order valence-corrected chi connectivity index (χ4v) is 2.16. The summed E-state index contributed by atoms with van der Waals surface area (Å²) in [7, 11) is 4.30. The molecule has 3 heteroatoms. The van der Waals surface area contributed by atoms with Crippen molar-refractivity contribution in [2.24, 2.45) is 0 Å². The van der Waals surface area contributed by atoms with Crippen LogP contribution in [0.15, 0.2) is 0 Å². The molecule has 15 heavy (non-hydrogen) atoms. The molecule has 0 saturated carbocycles. The lowest BCUT2D eigenvalue weighted by molar-refractivity contribution is 0.261. The first kappa shape index (κ1) is 12.9. The van der Waals surface area contributed by atoms with Gasteiger partial charge in [0.25, 0.3) is 0 Å². The summed E-state index contributed by atoms with van der Waals surface area (Å²) in [4.78, 5) is 4.88. The molecule has 0 aromatic heterocycles. The van der Waals surface area contributed by atoms with Crippen LogP contribution >= 0.6 is 0 Å². The van der Waals surface area contributed by atoms with E-state index in [1.165, 1.54) is 52.0 Å². The molecule has 1 unspecified atom stereocenters. The van der Waals surface area contributed by atoms with Crippen LogP contribution < -0.4 is 5.32 Å². The molecule has 1 aliphatic heterocycles. The first-order valence-corrected chi connectivity index (χ1v) is 6.29. The maximum absolute atomic E-state index is 3.53. The van der Waals surface area contributed by atoms with Gasteiger partial charge in [-0.25, -0.2) is 0 Å². The van der Waals surface area contributed by atoms with Crippen LogP contribution in [-0.4, -0.2) is 62.7 Å². The summed E-state index contributed by atoms with van der Waals surface area (Å²) in [5.41, 5.74) is 0. The Morgan fingerprint density at radius 2 is 2.13 bits per heavy atom. The van der Waals surface area contributed by atoms with Crippen molar-refractivity contribution in [1.82, 2.24) is 15.1 Å². The number of hydrogen-bond donors (Lipinski definition) is 1. The highest BCUT2D eigenvalue weighted by Crippen LogP contribution is 2.02. The molecule has 1 saturated heterocycles. The lowest BCUT2D eigenvalue weighted by Crippen LogP contribution is -2.35. The largest absolute Gasteiger partial charge is 0.313 e. The lowest BCUT2D eigenvalue weighted by Gasteiger charge is -2.22. The molecule has 0 amide bonds. The SMILES string of the molecule is CC1CN(CCCCN(C)C)CCCN1. The highest BCUT2D eigenvalue weighted by Gasteiger charge is 2.12. The minimum atomic E-state index is 0.668. The molecule has 1 fully saturated rings. The van der Waals surface area contributed by atoms with Crippen molar-refractivity contribution >= 4 is 0 Å². The number of nitrogens with zero attached hydrogens (tertiary/aromatic N) is 2. The molecule has 1 heterocycles. The number of hydrogen-bond acceptors (Lipinski definition) is 3. The second kappa shape index (κ2) is 7.20. The summed E-state index contributed by atoms with van der Waals surface area (Å²) in [6.07, 6.45) is 3.97. The van der Waals surface area contributed by atoms with Crippen molar-refractivity contribution in [2.75, 3.05) is 46.8 Å². The lowest BCUT2D eigenvalue weighted by atomic mass is 10.2. The van der Waals surface area contributed by atoms with E-state index >= 15 is 0 Å². The highest BCUT2D eigenvalue weighted by atomic mass is 15.2. The molecule has 1 rings (SSSR count). The average Bonchev–Trinajstić information content (AvgIpc) is 2.37. The Hall–Kier alpha value is -0.120. The Labute approximate surface area is 94.8 Å². The topological polar surface area (TPSA) is 18.5 Å². The molecule has 1 atom stereocenters. The standard InChI is InChI=1S/C12H27N3/c1-12-11-15(10-6-7-13-12)9-5-4-8-14(2)3/h12-13H,4-11H2,1-3H3.